The molecule has 0 aromatic rings. The van der Waals surface area contributed by atoms with Gasteiger partial charge in [-0.3, -0.25) is 4.79 Å². The average molecular weight is 257 g/mol. The maximum Gasteiger partial charge on any atom is 0.308 e. The van der Waals surface area contributed by atoms with E-state index in [2.05, 4.69) is 6.58 Å². The number of ether oxygens (including phenoxy) is 2. The summed E-state index contributed by atoms with van der Waals surface area (Å²) in [6, 6.07) is 0.0194. The van der Waals surface area contributed by atoms with Crippen LogP contribution in [-0.2, 0) is 14.3 Å². The first-order valence-electron chi connectivity index (χ1n) is 6.11. The van der Waals surface area contributed by atoms with Crippen LogP contribution in [0.15, 0.2) is 12.5 Å². The van der Waals surface area contributed by atoms with Crippen LogP contribution >= 0.6 is 0 Å². The van der Waals surface area contributed by atoms with Gasteiger partial charge in [0.1, 0.15) is 5.60 Å². The summed E-state index contributed by atoms with van der Waals surface area (Å²) >= 11 is 0. The molecule has 1 saturated heterocycles. The summed E-state index contributed by atoms with van der Waals surface area (Å²) in [4.78, 5) is 13.0. The number of methoxy groups -OCH3 is 1. The van der Waals surface area contributed by atoms with Crippen LogP contribution in [0.25, 0.3) is 0 Å². The van der Waals surface area contributed by atoms with Gasteiger partial charge in [-0.05, 0) is 33.8 Å². The second-order valence-corrected chi connectivity index (χ2v) is 5.64. The molecule has 104 valence electrons. The summed E-state index contributed by atoms with van der Waals surface area (Å²) in [6.45, 7) is 10.6. The van der Waals surface area contributed by atoms with Crippen molar-refractivity contribution in [3.05, 3.63) is 12.5 Å². The summed E-state index contributed by atoms with van der Waals surface area (Å²) in [5, 5.41) is 9.09. The Kier molecular flexibility index (Phi) is 4.62. The zero-order valence-electron chi connectivity index (χ0n) is 11.6. The molecule has 0 aliphatic carbocycles. The maximum atomic E-state index is 11.1. The summed E-state index contributed by atoms with van der Waals surface area (Å²) < 4.78 is 10.8. The summed E-state index contributed by atoms with van der Waals surface area (Å²) in [5.74, 6) is -0.638. The standard InChI is InChI=1S/C13H23NO4/c1-9(18-13(2,3)4)14-7-10(12(15)16)6-11(14)8-17-5/h10-11H,1,6-8H2,2-5H3,(H,15,16)/t10?,11-/m1/s1. The highest BCUT2D eigenvalue weighted by molar-refractivity contribution is 5.70. The SMILES string of the molecule is C=C(OC(C)(C)C)N1CC(C(=O)O)C[C@@H]1COC. The number of carbonyl (C=O) groups is 1. The van der Waals surface area contributed by atoms with Crippen molar-refractivity contribution in [2.24, 2.45) is 5.92 Å². The number of likely N-dealkylation sites (tertiary alicyclic amines) is 1. The molecule has 2 atom stereocenters. The molecule has 5 nitrogen and oxygen atoms in total. The number of carboxylic acid groups (broad SMARTS) is 1. The van der Waals surface area contributed by atoms with E-state index < -0.39 is 5.97 Å². The van der Waals surface area contributed by atoms with Crippen LogP contribution in [0.3, 0.4) is 0 Å². The van der Waals surface area contributed by atoms with E-state index in [9.17, 15) is 4.79 Å². The van der Waals surface area contributed by atoms with Crippen LogP contribution in [0.4, 0.5) is 0 Å². The van der Waals surface area contributed by atoms with Crippen molar-refractivity contribution in [3.8, 4) is 0 Å². The second-order valence-electron chi connectivity index (χ2n) is 5.64. The fraction of sp³-hybridized carbons (Fsp3) is 0.769. The van der Waals surface area contributed by atoms with E-state index in [0.717, 1.165) is 0 Å². The number of nitrogens with zero attached hydrogens (tertiary/aromatic N) is 1. The first-order valence-corrected chi connectivity index (χ1v) is 6.11. The van der Waals surface area contributed by atoms with Crippen molar-refractivity contribution >= 4 is 5.97 Å². The molecular weight excluding hydrogens is 234 g/mol. The van der Waals surface area contributed by atoms with Crippen molar-refractivity contribution < 1.29 is 19.4 Å². The topological polar surface area (TPSA) is 59.0 Å². The highest BCUT2D eigenvalue weighted by atomic mass is 16.5. The maximum absolute atomic E-state index is 11.1. The van der Waals surface area contributed by atoms with Crippen LogP contribution in [0.2, 0.25) is 0 Å². The second kappa shape index (κ2) is 5.61. The molecule has 1 N–H and O–H groups in total. The van der Waals surface area contributed by atoms with E-state index in [1.807, 2.05) is 25.7 Å². The molecule has 0 aromatic carbocycles. The molecule has 0 radical (unpaired) electrons. The number of carboxylic acids is 1. The van der Waals surface area contributed by atoms with Gasteiger partial charge >= 0.3 is 5.97 Å². The highest BCUT2D eigenvalue weighted by Gasteiger charge is 2.37. The van der Waals surface area contributed by atoms with Gasteiger partial charge in [0.05, 0.1) is 18.6 Å². The Labute approximate surface area is 108 Å². The molecule has 1 heterocycles. The lowest BCUT2D eigenvalue weighted by molar-refractivity contribution is -0.141. The van der Waals surface area contributed by atoms with Gasteiger partial charge in [0.15, 0.2) is 5.88 Å². The molecule has 0 saturated carbocycles. The Morgan fingerprint density at radius 2 is 2.11 bits per heavy atom. The summed E-state index contributed by atoms with van der Waals surface area (Å²) in [5.41, 5.74) is -0.337. The predicted octanol–water partition coefficient (Wildman–Crippen LogP) is 1.69. The minimum atomic E-state index is -0.776. The van der Waals surface area contributed by atoms with Gasteiger partial charge in [0.25, 0.3) is 0 Å². The van der Waals surface area contributed by atoms with Crippen LogP contribution in [0.1, 0.15) is 27.2 Å². The fourth-order valence-corrected chi connectivity index (χ4v) is 2.16. The monoisotopic (exact) mass is 257 g/mol. The molecule has 5 heteroatoms. The molecule has 0 bridgehead atoms. The van der Waals surface area contributed by atoms with E-state index in [1.54, 1.807) is 7.11 Å². The Balaban J connectivity index is 2.71. The first-order chi connectivity index (χ1) is 8.24. The minimum absolute atomic E-state index is 0.0194. The number of rotatable bonds is 5. The largest absolute Gasteiger partial charge is 0.481 e. The quantitative estimate of drug-likeness (QED) is 0.760. The first kappa shape index (κ1) is 14.8. The van der Waals surface area contributed by atoms with Crippen LogP contribution in [0, 0.1) is 5.92 Å². The molecule has 1 rings (SSSR count). The van der Waals surface area contributed by atoms with Gasteiger partial charge in [0.2, 0.25) is 0 Å². The van der Waals surface area contributed by atoms with Gasteiger partial charge in [-0.1, -0.05) is 0 Å². The average Bonchev–Trinajstić information content (AvgIpc) is 2.59. The van der Waals surface area contributed by atoms with Gasteiger partial charge in [-0.25, -0.2) is 0 Å². The third-order valence-electron chi connectivity index (χ3n) is 2.87. The zero-order valence-corrected chi connectivity index (χ0v) is 11.6. The Morgan fingerprint density at radius 1 is 1.50 bits per heavy atom. The van der Waals surface area contributed by atoms with E-state index in [4.69, 9.17) is 14.6 Å². The van der Waals surface area contributed by atoms with Gasteiger partial charge in [0, 0.05) is 13.7 Å². The Morgan fingerprint density at radius 3 is 2.56 bits per heavy atom. The number of hydrogen-bond donors (Lipinski definition) is 1. The molecule has 1 fully saturated rings. The third kappa shape index (κ3) is 3.91. The van der Waals surface area contributed by atoms with Crippen molar-refractivity contribution in [3.63, 3.8) is 0 Å². The fourth-order valence-electron chi connectivity index (χ4n) is 2.16. The van der Waals surface area contributed by atoms with Crippen molar-refractivity contribution in [1.82, 2.24) is 4.90 Å². The number of aliphatic carboxylic acids is 1. The Hall–Kier alpha value is -1.23. The van der Waals surface area contributed by atoms with Crippen LogP contribution in [-0.4, -0.2) is 47.9 Å². The van der Waals surface area contributed by atoms with E-state index in [-0.39, 0.29) is 17.6 Å². The molecule has 0 aromatic heterocycles. The molecule has 1 aliphatic heterocycles. The summed E-state index contributed by atoms with van der Waals surface area (Å²) in [7, 11) is 1.61. The van der Waals surface area contributed by atoms with Crippen molar-refractivity contribution in [1.29, 1.82) is 0 Å². The molecular formula is C13H23NO4. The normalized spacial score (nSPS) is 24.1. The van der Waals surface area contributed by atoms with E-state index in [1.165, 1.54) is 0 Å². The smallest absolute Gasteiger partial charge is 0.308 e. The third-order valence-corrected chi connectivity index (χ3v) is 2.87. The lowest BCUT2D eigenvalue weighted by atomic mass is 10.1. The molecule has 0 spiro atoms. The lowest BCUT2D eigenvalue weighted by Gasteiger charge is -2.32. The van der Waals surface area contributed by atoms with Crippen LogP contribution < -0.4 is 0 Å². The van der Waals surface area contributed by atoms with E-state index in [0.29, 0.717) is 25.5 Å². The zero-order chi connectivity index (χ0) is 13.9. The molecule has 0 amide bonds. The predicted molar refractivity (Wildman–Crippen MR) is 68.1 cm³/mol. The van der Waals surface area contributed by atoms with Gasteiger partial charge in [-0.15, -0.1) is 0 Å². The highest BCUT2D eigenvalue weighted by Crippen LogP contribution is 2.29. The van der Waals surface area contributed by atoms with Gasteiger partial charge < -0.3 is 19.5 Å². The van der Waals surface area contributed by atoms with E-state index >= 15 is 0 Å². The Bertz CT molecular complexity index is 321. The van der Waals surface area contributed by atoms with Crippen molar-refractivity contribution in [2.75, 3.05) is 20.3 Å². The molecule has 1 unspecified atom stereocenters. The molecule has 1 aliphatic rings. The minimum Gasteiger partial charge on any atom is -0.481 e. The molecule has 18 heavy (non-hydrogen) atoms. The van der Waals surface area contributed by atoms with Crippen molar-refractivity contribution in [2.45, 2.75) is 38.8 Å². The lowest BCUT2D eigenvalue weighted by Crippen LogP contribution is -2.35. The van der Waals surface area contributed by atoms with Gasteiger partial charge in [-0.2, -0.15) is 0 Å². The summed E-state index contributed by atoms with van der Waals surface area (Å²) in [6.07, 6.45) is 0.565. The number of hydrogen-bond acceptors (Lipinski definition) is 4. The van der Waals surface area contributed by atoms with Crippen LogP contribution in [0.5, 0.6) is 0 Å².